The number of hydrogen-bond acceptors (Lipinski definition) is 6. The SMILES string of the molecule is COCC1CCCN(Cc2ccc3c(c2)CN(C(=O)c2sc(C)nc2C)CCO3)C1. The monoisotopic (exact) mass is 429 g/mol. The second-order valence-electron chi connectivity index (χ2n) is 8.36. The summed E-state index contributed by atoms with van der Waals surface area (Å²) < 4.78 is 11.3. The van der Waals surface area contributed by atoms with Crippen LogP contribution in [-0.2, 0) is 17.8 Å². The number of carbonyl (C=O) groups excluding carboxylic acids is 1. The standard InChI is InChI=1S/C23H31N3O3S/c1-16-22(30-17(2)24-16)23(27)26-9-10-29-21-7-6-18(11-20(21)14-26)12-25-8-4-5-19(13-25)15-28-3/h6-7,11,19H,4-5,8-10,12-15H2,1-3H3. The maximum Gasteiger partial charge on any atom is 0.266 e. The maximum atomic E-state index is 13.1. The Bertz CT molecular complexity index is 896. The molecule has 0 N–H and O–H groups in total. The van der Waals surface area contributed by atoms with Gasteiger partial charge in [0.05, 0.1) is 23.9 Å². The van der Waals surface area contributed by atoms with E-state index in [1.54, 1.807) is 7.11 Å². The largest absolute Gasteiger partial charge is 0.491 e. The maximum absolute atomic E-state index is 13.1. The van der Waals surface area contributed by atoms with Crippen molar-refractivity contribution in [1.29, 1.82) is 0 Å². The summed E-state index contributed by atoms with van der Waals surface area (Å²) >= 11 is 1.47. The summed E-state index contributed by atoms with van der Waals surface area (Å²) in [5.74, 6) is 1.56. The van der Waals surface area contributed by atoms with E-state index < -0.39 is 0 Å². The minimum Gasteiger partial charge on any atom is -0.491 e. The molecule has 2 aliphatic heterocycles. The smallest absolute Gasteiger partial charge is 0.266 e. The van der Waals surface area contributed by atoms with E-state index in [0.29, 0.717) is 25.6 Å². The molecule has 1 aromatic carbocycles. The summed E-state index contributed by atoms with van der Waals surface area (Å²) in [6, 6.07) is 6.44. The Hall–Kier alpha value is -1.96. The van der Waals surface area contributed by atoms with Gasteiger partial charge in [0.2, 0.25) is 0 Å². The van der Waals surface area contributed by atoms with Gasteiger partial charge in [0.25, 0.3) is 5.91 Å². The van der Waals surface area contributed by atoms with E-state index >= 15 is 0 Å². The molecule has 2 aliphatic rings. The third-order valence-electron chi connectivity index (χ3n) is 5.90. The number of nitrogens with zero attached hydrogens (tertiary/aromatic N) is 3. The number of fused-ring (bicyclic) bond motifs is 1. The molecule has 0 spiro atoms. The van der Waals surface area contributed by atoms with E-state index in [2.05, 4.69) is 28.1 Å². The van der Waals surface area contributed by atoms with Gasteiger partial charge in [-0.3, -0.25) is 9.69 Å². The number of thiazole rings is 1. The molecule has 0 bridgehead atoms. The lowest BCUT2D eigenvalue weighted by Gasteiger charge is -2.32. The van der Waals surface area contributed by atoms with Crippen LogP contribution < -0.4 is 4.74 Å². The fourth-order valence-electron chi connectivity index (χ4n) is 4.52. The van der Waals surface area contributed by atoms with Crippen molar-refractivity contribution in [1.82, 2.24) is 14.8 Å². The predicted octanol–water partition coefficient (Wildman–Crippen LogP) is 3.65. The van der Waals surface area contributed by atoms with Gasteiger partial charge in [0.1, 0.15) is 17.2 Å². The second-order valence-corrected chi connectivity index (χ2v) is 9.57. The van der Waals surface area contributed by atoms with Crippen molar-refractivity contribution in [3.05, 3.63) is 44.9 Å². The molecular formula is C23H31N3O3S. The molecule has 1 aromatic heterocycles. The average Bonchev–Trinajstić information content (AvgIpc) is 2.93. The van der Waals surface area contributed by atoms with Crippen LogP contribution in [0.5, 0.6) is 5.75 Å². The summed E-state index contributed by atoms with van der Waals surface area (Å²) in [6.07, 6.45) is 2.47. The quantitative estimate of drug-likeness (QED) is 0.726. The van der Waals surface area contributed by atoms with E-state index in [9.17, 15) is 4.79 Å². The van der Waals surface area contributed by atoms with Crippen LogP contribution in [0, 0.1) is 19.8 Å². The van der Waals surface area contributed by atoms with Crippen LogP contribution in [-0.4, -0.2) is 60.6 Å². The molecule has 4 rings (SSSR count). The van der Waals surface area contributed by atoms with Gasteiger partial charge in [-0.15, -0.1) is 11.3 Å². The highest BCUT2D eigenvalue weighted by atomic mass is 32.1. The molecule has 0 saturated carbocycles. The fraction of sp³-hybridized carbons (Fsp3) is 0.565. The number of likely N-dealkylation sites (tertiary alicyclic amines) is 1. The molecule has 1 unspecified atom stereocenters. The lowest BCUT2D eigenvalue weighted by Crippen LogP contribution is -2.36. The molecule has 7 heteroatoms. The molecule has 0 aliphatic carbocycles. The van der Waals surface area contributed by atoms with Crippen LogP contribution in [0.4, 0.5) is 0 Å². The summed E-state index contributed by atoms with van der Waals surface area (Å²) in [5, 5.41) is 0.929. The van der Waals surface area contributed by atoms with Crippen LogP contribution in [0.1, 0.15) is 44.3 Å². The molecule has 1 saturated heterocycles. The Kier molecular flexibility index (Phi) is 6.71. The van der Waals surface area contributed by atoms with E-state index in [0.717, 1.165) is 53.1 Å². The van der Waals surface area contributed by atoms with Crippen LogP contribution in [0.3, 0.4) is 0 Å². The highest BCUT2D eigenvalue weighted by Gasteiger charge is 2.25. The lowest BCUT2D eigenvalue weighted by atomic mass is 9.98. The molecule has 1 amide bonds. The first-order valence-corrected chi connectivity index (χ1v) is 11.5. The summed E-state index contributed by atoms with van der Waals surface area (Å²) in [6.45, 7) is 9.50. The number of ether oxygens (including phenoxy) is 2. The lowest BCUT2D eigenvalue weighted by molar-refractivity contribution is 0.0737. The van der Waals surface area contributed by atoms with Crippen molar-refractivity contribution in [2.24, 2.45) is 5.92 Å². The fourth-order valence-corrected chi connectivity index (χ4v) is 5.41. The van der Waals surface area contributed by atoms with Crippen LogP contribution in [0.2, 0.25) is 0 Å². The van der Waals surface area contributed by atoms with Crippen molar-refractivity contribution in [2.75, 3.05) is 40.0 Å². The minimum atomic E-state index is 0.0541. The highest BCUT2D eigenvalue weighted by Crippen LogP contribution is 2.28. The Morgan fingerprint density at radius 3 is 2.97 bits per heavy atom. The van der Waals surface area contributed by atoms with Crippen molar-refractivity contribution >= 4 is 17.2 Å². The van der Waals surface area contributed by atoms with Crippen molar-refractivity contribution < 1.29 is 14.3 Å². The molecule has 2 aromatic rings. The summed E-state index contributed by atoms with van der Waals surface area (Å²) in [5.41, 5.74) is 3.18. The van der Waals surface area contributed by atoms with Gasteiger partial charge in [0, 0.05) is 32.3 Å². The van der Waals surface area contributed by atoms with Gasteiger partial charge >= 0.3 is 0 Å². The number of methoxy groups -OCH3 is 1. The second kappa shape index (κ2) is 9.45. The molecule has 0 radical (unpaired) electrons. The number of aryl methyl sites for hydroxylation is 2. The summed E-state index contributed by atoms with van der Waals surface area (Å²) in [4.78, 5) is 22.7. The number of rotatable bonds is 5. The van der Waals surface area contributed by atoms with Crippen LogP contribution in [0.15, 0.2) is 18.2 Å². The van der Waals surface area contributed by atoms with E-state index in [-0.39, 0.29) is 5.91 Å². The Morgan fingerprint density at radius 1 is 1.33 bits per heavy atom. The molecular weight excluding hydrogens is 398 g/mol. The van der Waals surface area contributed by atoms with Gasteiger partial charge in [-0.2, -0.15) is 0 Å². The van der Waals surface area contributed by atoms with Crippen molar-refractivity contribution in [3.63, 3.8) is 0 Å². The Labute approximate surface area is 182 Å². The molecule has 30 heavy (non-hydrogen) atoms. The minimum absolute atomic E-state index is 0.0541. The predicted molar refractivity (Wildman–Crippen MR) is 118 cm³/mol. The third-order valence-corrected chi connectivity index (χ3v) is 6.96. The molecule has 162 valence electrons. The van der Waals surface area contributed by atoms with E-state index in [4.69, 9.17) is 9.47 Å². The number of amides is 1. The highest BCUT2D eigenvalue weighted by molar-refractivity contribution is 7.13. The van der Waals surface area contributed by atoms with Crippen LogP contribution in [0.25, 0.3) is 0 Å². The first kappa shape index (κ1) is 21.3. The topological polar surface area (TPSA) is 54.9 Å². The molecule has 6 nitrogen and oxygen atoms in total. The average molecular weight is 430 g/mol. The molecule has 1 atom stereocenters. The van der Waals surface area contributed by atoms with E-state index in [1.807, 2.05) is 18.7 Å². The van der Waals surface area contributed by atoms with E-state index in [1.165, 1.54) is 29.7 Å². The zero-order valence-electron chi connectivity index (χ0n) is 18.1. The van der Waals surface area contributed by atoms with Crippen molar-refractivity contribution in [2.45, 2.75) is 39.8 Å². The Balaban J connectivity index is 1.47. The first-order chi connectivity index (χ1) is 14.5. The number of hydrogen-bond donors (Lipinski definition) is 0. The zero-order chi connectivity index (χ0) is 21.1. The Morgan fingerprint density at radius 2 is 2.20 bits per heavy atom. The van der Waals surface area contributed by atoms with Crippen LogP contribution >= 0.6 is 11.3 Å². The van der Waals surface area contributed by atoms with Gasteiger partial charge in [-0.25, -0.2) is 4.98 Å². The first-order valence-electron chi connectivity index (χ1n) is 10.7. The molecule has 1 fully saturated rings. The number of carbonyl (C=O) groups is 1. The normalized spacial score (nSPS) is 19.8. The van der Waals surface area contributed by atoms with Gasteiger partial charge in [0.15, 0.2) is 0 Å². The number of piperidine rings is 1. The summed E-state index contributed by atoms with van der Waals surface area (Å²) in [7, 11) is 1.79. The molecule has 3 heterocycles. The number of benzene rings is 1. The van der Waals surface area contributed by atoms with Crippen molar-refractivity contribution in [3.8, 4) is 5.75 Å². The van der Waals surface area contributed by atoms with Gasteiger partial charge in [-0.05, 0) is 56.8 Å². The zero-order valence-corrected chi connectivity index (χ0v) is 19.0. The third kappa shape index (κ3) is 4.85. The van der Waals surface area contributed by atoms with Gasteiger partial charge in [-0.1, -0.05) is 6.07 Å². The van der Waals surface area contributed by atoms with Gasteiger partial charge < -0.3 is 14.4 Å². The number of aromatic nitrogens is 1.